The SMILES string of the molecule is CC(=O)NC(Cn1cc(Br)cc(C)c1=O)C(=O)O. The van der Waals surface area contributed by atoms with E-state index in [1.54, 1.807) is 13.0 Å². The van der Waals surface area contributed by atoms with Crippen molar-refractivity contribution in [3.63, 3.8) is 0 Å². The van der Waals surface area contributed by atoms with Crippen LogP contribution in [-0.4, -0.2) is 27.6 Å². The summed E-state index contributed by atoms with van der Waals surface area (Å²) in [5, 5.41) is 11.3. The lowest BCUT2D eigenvalue weighted by Gasteiger charge is -2.15. The van der Waals surface area contributed by atoms with Crippen LogP contribution in [0.4, 0.5) is 0 Å². The molecule has 6 nitrogen and oxygen atoms in total. The molecule has 1 aromatic rings. The Bertz CT molecular complexity index is 538. The molecule has 1 heterocycles. The lowest BCUT2D eigenvalue weighted by atomic mass is 10.2. The Labute approximate surface area is 112 Å². The molecule has 7 heteroatoms. The average molecular weight is 317 g/mol. The van der Waals surface area contributed by atoms with Gasteiger partial charge in [0.05, 0.1) is 6.54 Å². The van der Waals surface area contributed by atoms with Crippen molar-refractivity contribution in [1.82, 2.24) is 9.88 Å². The second-order valence-corrected chi connectivity index (χ2v) is 4.81. The summed E-state index contributed by atoms with van der Waals surface area (Å²) < 4.78 is 1.93. The molecule has 0 spiro atoms. The maximum Gasteiger partial charge on any atom is 0.328 e. The Morgan fingerprint density at radius 1 is 1.56 bits per heavy atom. The predicted octanol–water partition coefficient (Wildman–Crippen LogP) is 0.509. The van der Waals surface area contributed by atoms with Gasteiger partial charge in [-0.3, -0.25) is 9.59 Å². The summed E-state index contributed by atoms with van der Waals surface area (Å²) >= 11 is 3.23. The van der Waals surface area contributed by atoms with Gasteiger partial charge in [-0.25, -0.2) is 4.79 Å². The summed E-state index contributed by atoms with van der Waals surface area (Å²) in [6.45, 7) is 2.75. The minimum atomic E-state index is -1.19. The highest BCUT2D eigenvalue weighted by molar-refractivity contribution is 9.10. The van der Waals surface area contributed by atoms with Crippen LogP contribution in [0.25, 0.3) is 0 Å². The Morgan fingerprint density at radius 2 is 2.17 bits per heavy atom. The van der Waals surface area contributed by atoms with Crippen molar-refractivity contribution in [2.75, 3.05) is 0 Å². The number of rotatable bonds is 4. The molecular formula is C11H13BrN2O4. The first-order valence-electron chi connectivity index (χ1n) is 5.17. The van der Waals surface area contributed by atoms with Crippen LogP contribution in [0, 0.1) is 6.92 Å². The highest BCUT2D eigenvalue weighted by atomic mass is 79.9. The van der Waals surface area contributed by atoms with E-state index in [4.69, 9.17) is 5.11 Å². The highest BCUT2D eigenvalue weighted by Gasteiger charge is 2.19. The molecule has 1 unspecified atom stereocenters. The van der Waals surface area contributed by atoms with E-state index in [2.05, 4.69) is 21.2 Å². The summed E-state index contributed by atoms with van der Waals surface area (Å²) in [7, 11) is 0. The average Bonchev–Trinajstić information content (AvgIpc) is 2.23. The maximum absolute atomic E-state index is 11.8. The number of nitrogens with one attached hydrogen (secondary N) is 1. The molecule has 0 aromatic carbocycles. The van der Waals surface area contributed by atoms with E-state index in [1.165, 1.54) is 17.7 Å². The van der Waals surface area contributed by atoms with Gasteiger partial charge < -0.3 is 15.0 Å². The molecule has 98 valence electrons. The number of carbonyl (C=O) groups excluding carboxylic acids is 1. The molecule has 0 saturated carbocycles. The van der Waals surface area contributed by atoms with Gasteiger partial charge in [0.15, 0.2) is 0 Å². The summed E-state index contributed by atoms with van der Waals surface area (Å²) in [5.41, 5.74) is 0.214. The van der Waals surface area contributed by atoms with Crippen molar-refractivity contribution < 1.29 is 14.7 Å². The van der Waals surface area contributed by atoms with Crippen LogP contribution in [0.1, 0.15) is 12.5 Å². The predicted molar refractivity (Wildman–Crippen MR) is 68.4 cm³/mol. The molecule has 0 radical (unpaired) electrons. The van der Waals surface area contributed by atoms with Crippen LogP contribution in [-0.2, 0) is 16.1 Å². The Morgan fingerprint density at radius 3 is 2.67 bits per heavy atom. The van der Waals surface area contributed by atoms with E-state index < -0.39 is 17.9 Å². The van der Waals surface area contributed by atoms with Crippen molar-refractivity contribution in [3.05, 3.63) is 32.7 Å². The standard InChI is InChI=1S/C11H13BrN2O4/c1-6-3-8(12)4-14(10(6)16)5-9(11(17)18)13-7(2)15/h3-4,9H,5H2,1-2H3,(H,13,15)(H,17,18). The van der Waals surface area contributed by atoms with E-state index >= 15 is 0 Å². The number of carboxylic acid groups (broad SMARTS) is 1. The van der Waals surface area contributed by atoms with Gasteiger partial charge in [0.25, 0.3) is 5.56 Å². The molecule has 0 aliphatic heterocycles. The van der Waals surface area contributed by atoms with Crippen LogP contribution < -0.4 is 10.9 Å². The largest absolute Gasteiger partial charge is 0.480 e. The van der Waals surface area contributed by atoms with E-state index in [1.807, 2.05) is 0 Å². The lowest BCUT2D eigenvalue weighted by molar-refractivity contribution is -0.141. The number of hydrogen-bond donors (Lipinski definition) is 2. The number of amides is 1. The summed E-state index contributed by atoms with van der Waals surface area (Å²) in [4.78, 5) is 33.7. The molecule has 0 aliphatic rings. The molecule has 0 fully saturated rings. The second-order valence-electron chi connectivity index (χ2n) is 3.89. The van der Waals surface area contributed by atoms with Gasteiger partial charge in [0, 0.05) is 23.2 Å². The van der Waals surface area contributed by atoms with E-state index in [0.717, 1.165) is 0 Å². The fraction of sp³-hybridized carbons (Fsp3) is 0.364. The minimum absolute atomic E-state index is 0.117. The third-order valence-corrected chi connectivity index (χ3v) is 2.72. The summed E-state index contributed by atoms with van der Waals surface area (Å²) in [5.74, 6) is -1.64. The quantitative estimate of drug-likeness (QED) is 0.847. The van der Waals surface area contributed by atoms with Gasteiger partial charge in [-0.15, -0.1) is 0 Å². The van der Waals surface area contributed by atoms with Crippen molar-refractivity contribution in [2.45, 2.75) is 26.4 Å². The molecule has 1 atom stereocenters. The monoisotopic (exact) mass is 316 g/mol. The van der Waals surface area contributed by atoms with Crippen LogP contribution >= 0.6 is 15.9 Å². The Hall–Kier alpha value is -1.63. The molecule has 0 bridgehead atoms. The van der Waals surface area contributed by atoms with Crippen molar-refractivity contribution in [2.24, 2.45) is 0 Å². The number of hydrogen-bond acceptors (Lipinski definition) is 3. The van der Waals surface area contributed by atoms with Crippen molar-refractivity contribution in [3.8, 4) is 0 Å². The summed E-state index contributed by atoms with van der Waals surface area (Å²) in [6.07, 6.45) is 1.49. The molecule has 0 aliphatic carbocycles. The van der Waals surface area contributed by atoms with E-state index in [-0.39, 0.29) is 12.1 Å². The first-order valence-corrected chi connectivity index (χ1v) is 5.97. The number of aliphatic carboxylic acids is 1. The molecule has 1 amide bonds. The zero-order chi connectivity index (χ0) is 13.9. The molecular weight excluding hydrogens is 304 g/mol. The number of carbonyl (C=O) groups is 2. The van der Waals surface area contributed by atoms with Crippen LogP contribution in [0.3, 0.4) is 0 Å². The van der Waals surface area contributed by atoms with E-state index in [0.29, 0.717) is 10.0 Å². The second kappa shape index (κ2) is 5.81. The Balaban J connectivity index is 3.04. The van der Waals surface area contributed by atoms with Crippen LogP contribution in [0.2, 0.25) is 0 Å². The number of pyridine rings is 1. The third-order valence-electron chi connectivity index (χ3n) is 2.29. The Kier molecular flexibility index (Phi) is 4.66. The highest BCUT2D eigenvalue weighted by Crippen LogP contribution is 2.08. The number of aromatic nitrogens is 1. The van der Waals surface area contributed by atoms with Gasteiger partial charge in [-0.2, -0.15) is 0 Å². The zero-order valence-corrected chi connectivity index (χ0v) is 11.5. The molecule has 1 aromatic heterocycles. The normalized spacial score (nSPS) is 11.9. The number of aryl methyl sites for hydroxylation is 1. The fourth-order valence-electron chi connectivity index (χ4n) is 1.50. The van der Waals surface area contributed by atoms with Crippen LogP contribution in [0.5, 0.6) is 0 Å². The van der Waals surface area contributed by atoms with Crippen LogP contribution in [0.15, 0.2) is 21.5 Å². The van der Waals surface area contributed by atoms with Gasteiger partial charge >= 0.3 is 5.97 Å². The third kappa shape index (κ3) is 3.69. The smallest absolute Gasteiger partial charge is 0.328 e. The van der Waals surface area contributed by atoms with Gasteiger partial charge in [-0.05, 0) is 28.9 Å². The topological polar surface area (TPSA) is 88.4 Å². The number of nitrogens with zero attached hydrogens (tertiary/aromatic N) is 1. The van der Waals surface area contributed by atoms with Crippen molar-refractivity contribution >= 4 is 27.8 Å². The van der Waals surface area contributed by atoms with Gasteiger partial charge in [0.2, 0.25) is 5.91 Å². The molecule has 2 N–H and O–H groups in total. The van der Waals surface area contributed by atoms with Crippen molar-refractivity contribution in [1.29, 1.82) is 0 Å². The van der Waals surface area contributed by atoms with Gasteiger partial charge in [-0.1, -0.05) is 0 Å². The number of carboxylic acids is 1. The first kappa shape index (κ1) is 14.4. The lowest BCUT2D eigenvalue weighted by Crippen LogP contribution is -2.44. The fourth-order valence-corrected chi connectivity index (χ4v) is 2.09. The maximum atomic E-state index is 11.8. The zero-order valence-electron chi connectivity index (χ0n) is 9.94. The minimum Gasteiger partial charge on any atom is -0.480 e. The first-order chi connectivity index (χ1) is 8.31. The van der Waals surface area contributed by atoms with E-state index in [9.17, 15) is 14.4 Å². The molecule has 0 saturated heterocycles. The van der Waals surface area contributed by atoms with Gasteiger partial charge in [0.1, 0.15) is 6.04 Å². The molecule has 18 heavy (non-hydrogen) atoms. The summed E-state index contributed by atoms with van der Waals surface area (Å²) in [6, 6.07) is 0.515. The number of halogens is 1. The molecule has 1 rings (SSSR count).